The zero-order valence-corrected chi connectivity index (χ0v) is 11.7. The summed E-state index contributed by atoms with van der Waals surface area (Å²) in [4.78, 5) is 18.3. The predicted molar refractivity (Wildman–Crippen MR) is 71.8 cm³/mol. The Balaban J connectivity index is 2.67. The van der Waals surface area contributed by atoms with Crippen molar-refractivity contribution < 1.29 is 4.92 Å². The first-order valence-corrected chi connectivity index (χ1v) is 6.15. The van der Waals surface area contributed by atoms with Crippen molar-refractivity contribution in [3.8, 4) is 11.3 Å². The zero-order valence-electron chi connectivity index (χ0n) is 8.60. The summed E-state index contributed by atoms with van der Waals surface area (Å²) in [6, 6.07) is 2.76. The molecular formula is C10H4BrCl2N3O2. The lowest BCUT2D eigenvalue weighted by Crippen LogP contribution is -1.96. The molecule has 0 unspecified atom stereocenters. The molecule has 0 aliphatic rings. The van der Waals surface area contributed by atoms with E-state index in [2.05, 4.69) is 25.9 Å². The summed E-state index contributed by atoms with van der Waals surface area (Å²) < 4.78 is 0.510. The van der Waals surface area contributed by atoms with Crippen LogP contribution in [0.2, 0.25) is 10.2 Å². The Morgan fingerprint density at radius 2 is 1.94 bits per heavy atom. The standard InChI is InChI=1S/C10H4BrCl2N3O2/c11-5-1-8(16(17)18)10(15-3-5)6-4-14-9(13)2-7(6)12/h1-4H. The van der Waals surface area contributed by atoms with Crippen molar-refractivity contribution >= 4 is 44.8 Å². The van der Waals surface area contributed by atoms with E-state index in [4.69, 9.17) is 23.2 Å². The highest BCUT2D eigenvalue weighted by Gasteiger charge is 2.20. The molecule has 0 spiro atoms. The Hall–Kier alpha value is -1.24. The molecule has 0 saturated heterocycles. The molecule has 0 aliphatic carbocycles. The van der Waals surface area contributed by atoms with E-state index in [1.165, 1.54) is 24.5 Å². The van der Waals surface area contributed by atoms with E-state index >= 15 is 0 Å². The molecule has 0 aliphatic heterocycles. The van der Waals surface area contributed by atoms with Crippen molar-refractivity contribution in [1.82, 2.24) is 9.97 Å². The van der Waals surface area contributed by atoms with E-state index < -0.39 is 4.92 Å². The first-order chi connectivity index (χ1) is 8.49. The van der Waals surface area contributed by atoms with Crippen molar-refractivity contribution in [2.24, 2.45) is 0 Å². The van der Waals surface area contributed by atoms with E-state index in [-0.39, 0.29) is 21.6 Å². The Kier molecular flexibility index (Phi) is 3.79. The minimum atomic E-state index is -0.530. The van der Waals surface area contributed by atoms with E-state index in [0.29, 0.717) is 10.0 Å². The lowest BCUT2D eigenvalue weighted by Gasteiger charge is -2.04. The average molecular weight is 349 g/mol. The van der Waals surface area contributed by atoms with Gasteiger partial charge in [0.2, 0.25) is 0 Å². The molecule has 8 heteroatoms. The van der Waals surface area contributed by atoms with Crippen LogP contribution < -0.4 is 0 Å². The second-order valence-corrected chi connectivity index (χ2v) is 4.98. The van der Waals surface area contributed by atoms with Gasteiger partial charge in [0.15, 0.2) is 5.69 Å². The number of rotatable bonds is 2. The van der Waals surface area contributed by atoms with Crippen molar-refractivity contribution in [3.05, 3.63) is 49.3 Å². The Morgan fingerprint density at radius 1 is 1.22 bits per heavy atom. The third kappa shape index (κ3) is 2.60. The van der Waals surface area contributed by atoms with Gasteiger partial charge in [-0.05, 0) is 22.0 Å². The van der Waals surface area contributed by atoms with Gasteiger partial charge in [0.25, 0.3) is 5.69 Å². The molecule has 2 aromatic heterocycles. The Morgan fingerprint density at radius 3 is 2.56 bits per heavy atom. The zero-order chi connectivity index (χ0) is 13.3. The number of aromatic nitrogens is 2. The van der Waals surface area contributed by atoms with Crippen LogP contribution in [0.3, 0.4) is 0 Å². The van der Waals surface area contributed by atoms with Gasteiger partial charge in [-0.15, -0.1) is 0 Å². The smallest absolute Gasteiger partial charge is 0.258 e. The third-order valence-corrected chi connectivity index (χ3v) is 3.06. The monoisotopic (exact) mass is 347 g/mol. The third-order valence-electron chi connectivity index (χ3n) is 2.11. The highest BCUT2D eigenvalue weighted by atomic mass is 79.9. The van der Waals surface area contributed by atoms with Crippen LogP contribution in [0, 0.1) is 10.1 Å². The van der Waals surface area contributed by atoms with Gasteiger partial charge >= 0.3 is 0 Å². The fraction of sp³-hybridized carbons (Fsp3) is 0. The van der Waals surface area contributed by atoms with Gasteiger partial charge in [0.1, 0.15) is 5.15 Å². The fourth-order valence-electron chi connectivity index (χ4n) is 1.36. The molecule has 0 bridgehead atoms. The minimum Gasteiger partial charge on any atom is -0.258 e. The fourth-order valence-corrected chi connectivity index (χ4v) is 2.13. The van der Waals surface area contributed by atoms with E-state index in [0.717, 1.165) is 0 Å². The van der Waals surface area contributed by atoms with Crippen LogP contribution in [0.25, 0.3) is 11.3 Å². The molecule has 0 fully saturated rings. The van der Waals surface area contributed by atoms with E-state index in [1.54, 1.807) is 0 Å². The Bertz CT molecular complexity index is 637. The molecule has 0 aromatic carbocycles. The lowest BCUT2D eigenvalue weighted by molar-refractivity contribution is -0.384. The van der Waals surface area contributed by atoms with E-state index in [1.807, 2.05) is 0 Å². The van der Waals surface area contributed by atoms with Gasteiger partial charge in [-0.25, -0.2) is 9.97 Å². The van der Waals surface area contributed by atoms with Crippen molar-refractivity contribution in [3.63, 3.8) is 0 Å². The molecule has 5 nitrogen and oxygen atoms in total. The van der Waals surface area contributed by atoms with Gasteiger partial charge in [-0.2, -0.15) is 0 Å². The molecule has 92 valence electrons. The van der Waals surface area contributed by atoms with Crippen molar-refractivity contribution in [2.45, 2.75) is 0 Å². The summed E-state index contributed by atoms with van der Waals surface area (Å²) in [5.74, 6) is 0. The number of hydrogen-bond acceptors (Lipinski definition) is 4. The van der Waals surface area contributed by atoms with Crippen LogP contribution in [0.5, 0.6) is 0 Å². The summed E-state index contributed by atoms with van der Waals surface area (Å²) in [7, 11) is 0. The largest absolute Gasteiger partial charge is 0.296 e. The number of nitro groups is 1. The quantitative estimate of drug-likeness (QED) is 0.465. The molecule has 0 N–H and O–H groups in total. The highest BCUT2D eigenvalue weighted by molar-refractivity contribution is 9.10. The van der Waals surface area contributed by atoms with Gasteiger partial charge in [0.05, 0.1) is 9.95 Å². The maximum Gasteiger partial charge on any atom is 0.296 e. The lowest BCUT2D eigenvalue weighted by atomic mass is 10.1. The van der Waals surface area contributed by atoms with Gasteiger partial charge in [0, 0.05) is 28.5 Å². The summed E-state index contributed by atoms with van der Waals surface area (Å²) >= 11 is 14.8. The summed E-state index contributed by atoms with van der Waals surface area (Å²) in [6.07, 6.45) is 2.81. The molecule has 0 atom stereocenters. The molecule has 2 rings (SSSR count). The van der Waals surface area contributed by atoms with Crippen LogP contribution in [0.1, 0.15) is 0 Å². The highest BCUT2D eigenvalue weighted by Crippen LogP contribution is 2.34. The maximum atomic E-state index is 11.0. The first-order valence-electron chi connectivity index (χ1n) is 4.60. The minimum absolute atomic E-state index is 0.150. The van der Waals surface area contributed by atoms with Crippen LogP contribution in [0.4, 0.5) is 5.69 Å². The average Bonchev–Trinajstić information content (AvgIpc) is 2.29. The normalized spacial score (nSPS) is 10.4. The second kappa shape index (κ2) is 5.17. The van der Waals surface area contributed by atoms with Gasteiger partial charge in [-0.3, -0.25) is 10.1 Å². The summed E-state index contributed by atoms with van der Waals surface area (Å²) in [6.45, 7) is 0. The van der Waals surface area contributed by atoms with Gasteiger partial charge in [-0.1, -0.05) is 23.2 Å². The summed E-state index contributed by atoms with van der Waals surface area (Å²) in [5.41, 5.74) is 0.355. The number of hydrogen-bond donors (Lipinski definition) is 0. The van der Waals surface area contributed by atoms with E-state index in [9.17, 15) is 10.1 Å². The van der Waals surface area contributed by atoms with Crippen LogP contribution in [0.15, 0.2) is 29.0 Å². The molecular weight excluding hydrogens is 345 g/mol. The number of pyridine rings is 2. The van der Waals surface area contributed by atoms with Crippen molar-refractivity contribution in [2.75, 3.05) is 0 Å². The maximum absolute atomic E-state index is 11.0. The van der Waals surface area contributed by atoms with Gasteiger partial charge < -0.3 is 0 Å². The Labute approximate surface area is 120 Å². The van der Waals surface area contributed by atoms with Crippen LogP contribution in [-0.2, 0) is 0 Å². The molecule has 0 radical (unpaired) electrons. The number of nitrogens with zero attached hydrogens (tertiary/aromatic N) is 3. The van der Waals surface area contributed by atoms with Crippen molar-refractivity contribution in [1.29, 1.82) is 0 Å². The summed E-state index contributed by atoms with van der Waals surface area (Å²) in [5, 5.41) is 11.4. The molecule has 0 amide bonds. The molecule has 2 aromatic rings. The van der Waals surface area contributed by atoms with Crippen LogP contribution >= 0.6 is 39.1 Å². The number of halogens is 3. The molecule has 2 heterocycles. The molecule has 0 saturated carbocycles. The molecule has 18 heavy (non-hydrogen) atoms. The second-order valence-electron chi connectivity index (χ2n) is 3.27. The topological polar surface area (TPSA) is 68.9 Å². The predicted octanol–water partition coefficient (Wildman–Crippen LogP) is 4.12. The first kappa shape index (κ1) is 13.2. The SMILES string of the molecule is O=[N+]([O-])c1cc(Br)cnc1-c1cnc(Cl)cc1Cl. The van der Waals surface area contributed by atoms with Crippen LogP contribution in [-0.4, -0.2) is 14.9 Å².